The van der Waals surface area contributed by atoms with Crippen molar-refractivity contribution in [2.45, 2.75) is 9.79 Å². The van der Waals surface area contributed by atoms with Crippen LogP contribution in [-0.2, 0) is 0 Å². The Morgan fingerprint density at radius 2 is 1.65 bits per heavy atom. The Labute approximate surface area is 176 Å². The number of halogens is 3. The lowest BCUT2D eigenvalue weighted by Crippen LogP contribution is -2.36. The average Bonchev–Trinajstić information content (AvgIpc) is 2.64. The van der Waals surface area contributed by atoms with Crippen molar-refractivity contribution in [2.24, 2.45) is 0 Å². The zero-order valence-corrected chi connectivity index (χ0v) is 17.8. The lowest BCUT2D eigenvalue weighted by atomic mass is 10.2. The van der Waals surface area contributed by atoms with Crippen molar-refractivity contribution in [3.8, 4) is 5.75 Å². The first-order chi connectivity index (χ1) is 12.3. The van der Waals surface area contributed by atoms with Crippen LogP contribution < -0.4 is 9.64 Å². The van der Waals surface area contributed by atoms with E-state index in [0.29, 0.717) is 11.8 Å². The summed E-state index contributed by atoms with van der Waals surface area (Å²) in [6, 6.07) is 14.8. The van der Waals surface area contributed by atoms with Crippen molar-refractivity contribution in [1.82, 2.24) is 4.90 Å². The third-order valence-electron chi connectivity index (χ3n) is 4.28. The second kappa shape index (κ2) is 10.5. The largest absolute Gasteiger partial charge is 0.497 e. The molecule has 0 amide bonds. The molecule has 3 rings (SSSR count). The minimum Gasteiger partial charge on any atom is -0.497 e. The van der Waals surface area contributed by atoms with E-state index in [1.807, 2.05) is 6.07 Å². The van der Waals surface area contributed by atoms with Crippen molar-refractivity contribution < 1.29 is 4.74 Å². The van der Waals surface area contributed by atoms with Gasteiger partial charge in [0.2, 0.25) is 0 Å². The molecule has 0 fully saturated rings. The molecule has 0 saturated carbocycles. The number of hydrogen-bond acceptors (Lipinski definition) is 4. The number of rotatable bonds is 8. The molecular weight excluding hydrogens is 411 g/mol. The quantitative estimate of drug-likeness (QED) is 0.511. The molecule has 0 radical (unpaired) electrons. The van der Waals surface area contributed by atoms with E-state index in [-0.39, 0.29) is 12.4 Å². The number of alkyl halides is 2. The van der Waals surface area contributed by atoms with Crippen LogP contribution in [0.5, 0.6) is 5.75 Å². The molecule has 26 heavy (non-hydrogen) atoms. The molecule has 2 aromatic rings. The van der Waals surface area contributed by atoms with Crippen LogP contribution in [0, 0.1) is 0 Å². The minimum atomic E-state index is 0. The Balaban J connectivity index is 0.00000243. The van der Waals surface area contributed by atoms with E-state index in [0.717, 1.165) is 31.9 Å². The van der Waals surface area contributed by atoms with E-state index >= 15 is 0 Å². The van der Waals surface area contributed by atoms with Gasteiger partial charge in [-0.05, 0) is 30.3 Å². The van der Waals surface area contributed by atoms with Crippen molar-refractivity contribution in [3.63, 3.8) is 0 Å². The summed E-state index contributed by atoms with van der Waals surface area (Å²) in [5, 5.41) is 0. The first kappa shape index (κ1) is 21.5. The zero-order valence-electron chi connectivity index (χ0n) is 14.7. The van der Waals surface area contributed by atoms with E-state index in [4.69, 9.17) is 27.9 Å². The highest BCUT2D eigenvalue weighted by molar-refractivity contribution is 7.99. The Morgan fingerprint density at radius 1 is 0.962 bits per heavy atom. The van der Waals surface area contributed by atoms with Crippen molar-refractivity contribution in [1.29, 1.82) is 0 Å². The van der Waals surface area contributed by atoms with E-state index < -0.39 is 0 Å². The lowest BCUT2D eigenvalue weighted by Gasteiger charge is -2.34. The van der Waals surface area contributed by atoms with Gasteiger partial charge in [-0.1, -0.05) is 23.9 Å². The number of anilines is 2. The van der Waals surface area contributed by atoms with Gasteiger partial charge < -0.3 is 9.64 Å². The highest BCUT2D eigenvalue weighted by atomic mass is 35.5. The highest BCUT2D eigenvalue weighted by Crippen LogP contribution is 2.48. The zero-order chi connectivity index (χ0) is 17.6. The Hall–Kier alpha value is -0.780. The van der Waals surface area contributed by atoms with Crippen LogP contribution in [0.4, 0.5) is 11.4 Å². The van der Waals surface area contributed by atoms with Crippen LogP contribution in [0.2, 0.25) is 0 Å². The second-order valence-electron chi connectivity index (χ2n) is 5.77. The molecule has 2 aromatic carbocycles. The molecule has 0 aromatic heterocycles. The number of nitrogens with zero attached hydrogens (tertiary/aromatic N) is 2. The maximum atomic E-state index is 5.93. The van der Waals surface area contributed by atoms with Gasteiger partial charge in [0.1, 0.15) is 5.75 Å². The molecule has 7 heteroatoms. The number of methoxy groups -OCH3 is 1. The van der Waals surface area contributed by atoms with Gasteiger partial charge in [-0.25, -0.2) is 0 Å². The minimum absolute atomic E-state index is 0. The Morgan fingerprint density at radius 3 is 2.35 bits per heavy atom. The smallest absolute Gasteiger partial charge is 0.120 e. The molecule has 0 saturated heterocycles. The van der Waals surface area contributed by atoms with E-state index in [1.54, 1.807) is 18.9 Å². The van der Waals surface area contributed by atoms with Crippen molar-refractivity contribution in [3.05, 3.63) is 42.5 Å². The summed E-state index contributed by atoms with van der Waals surface area (Å²) in [7, 11) is 1.71. The fourth-order valence-corrected chi connectivity index (χ4v) is 4.60. The first-order valence-electron chi connectivity index (χ1n) is 8.33. The second-order valence-corrected chi connectivity index (χ2v) is 7.61. The summed E-state index contributed by atoms with van der Waals surface area (Å²) in [4.78, 5) is 7.19. The monoisotopic (exact) mass is 432 g/mol. The van der Waals surface area contributed by atoms with Gasteiger partial charge in [-0.3, -0.25) is 4.90 Å². The molecule has 0 bridgehead atoms. The van der Waals surface area contributed by atoms with E-state index in [2.05, 4.69) is 46.2 Å². The highest BCUT2D eigenvalue weighted by Gasteiger charge is 2.23. The molecule has 0 unspecified atom stereocenters. The Bertz CT molecular complexity index is 711. The number of fused-ring (bicyclic) bond motifs is 2. The van der Waals surface area contributed by atoms with Gasteiger partial charge in [0.05, 0.1) is 18.5 Å². The molecule has 1 aliphatic heterocycles. The fourth-order valence-electron chi connectivity index (χ4n) is 3.00. The molecule has 3 nitrogen and oxygen atoms in total. The van der Waals surface area contributed by atoms with Gasteiger partial charge in [0.25, 0.3) is 0 Å². The molecule has 142 valence electrons. The summed E-state index contributed by atoms with van der Waals surface area (Å²) in [6.45, 7) is 3.52. The molecule has 1 heterocycles. The van der Waals surface area contributed by atoms with E-state index in [9.17, 15) is 0 Å². The van der Waals surface area contributed by atoms with Gasteiger partial charge in [0.15, 0.2) is 0 Å². The predicted octanol–water partition coefficient (Wildman–Crippen LogP) is 5.50. The predicted molar refractivity (Wildman–Crippen MR) is 116 cm³/mol. The van der Waals surface area contributed by atoms with Gasteiger partial charge in [-0.15, -0.1) is 35.6 Å². The summed E-state index contributed by atoms with van der Waals surface area (Å²) in [6.07, 6.45) is 0. The normalized spacial score (nSPS) is 12.4. The maximum absolute atomic E-state index is 5.93. The molecule has 0 aliphatic carbocycles. The lowest BCUT2D eigenvalue weighted by molar-refractivity contribution is 0.315. The fraction of sp³-hybridized carbons (Fsp3) is 0.368. The molecule has 0 atom stereocenters. The van der Waals surface area contributed by atoms with E-state index in [1.165, 1.54) is 21.2 Å². The summed E-state index contributed by atoms with van der Waals surface area (Å²) in [5.41, 5.74) is 2.48. The number of hydrogen-bond donors (Lipinski definition) is 0. The number of benzene rings is 2. The first-order valence-corrected chi connectivity index (χ1v) is 10.2. The van der Waals surface area contributed by atoms with Crippen LogP contribution in [0.25, 0.3) is 0 Å². The third-order valence-corrected chi connectivity index (χ3v) is 5.73. The maximum Gasteiger partial charge on any atom is 0.120 e. The number of para-hydroxylation sites is 1. The van der Waals surface area contributed by atoms with Crippen LogP contribution in [0.1, 0.15) is 0 Å². The molecule has 0 N–H and O–H groups in total. The summed E-state index contributed by atoms with van der Waals surface area (Å²) in [5.74, 6) is 2.13. The average molecular weight is 434 g/mol. The summed E-state index contributed by atoms with van der Waals surface area (Å²) >= 11 is 13.7. The number of ether oxygens (including phenoxy) is 1. The standard InChI is InChI=1S/C19H22Cl2N2OS.ClH/c1-24-15-6-7-17-19(14-15)25-18-5-3-2-4-16(18)23(17)13-12-22(10-8-20)11-9-21;/h2-7,14H,8-13H2,1H3;1H. The molecule has 1 aliphatic rings. The topological polar surface area (TPSA) is 15.7 Å². The Kier molecular flexibility index (Phi) is 8.71. The van der Waals surface area contributed by atoms with Crippen LogP contribution in [0.15, 0.2) is 52.3 Å². The third kappa shape index (κ3) is 4.93. The van der Waals surface area contributed by atoms with Gasteiger partial charge in [0, 0.05) is 47.7 Å². The SMILES string of the molecule is COc1ccc2c(c1)Sc1ccccc1N2CCN(CCCl)CCCl.Cl. The van der Waals surface area contributed by atoms with Crippen LogP contribution in [0.3, 0.4) is 0 Å². The van der Waals surface area contributed by atoms with Crippen molar-refractivity contribution >= 4 is 58.7 Å². The van der Waals surface area contributed by atoms with Gasteiger partial charge in [-0.2, -0.15) is 0 Å². The molecule has 0 spiro atoms. The van der Waals surface area contributed by atoms with Crippen molar-refractivity contribution in [2.75, 3.05) is 49.9 Å². The van der Waals surface area contributed by atoms with Gasteiger partial charge >= 0.3 is 0 Å². The summed E-state index contributed by atoms with van der Waals surface area (Å²) < 4.78 is 5.40. The molecular formula is C19H23Cl3N2OS. The van der Waals surface area contributed by atoms with Crippen LogP contribution in [-0.4, -0.2) is 49.9 Å². The van der Waals surface area contributed by atoms with Crippen LogP contribution >= 0.6 is 47.4 Å².